The topological polar surface area (TPSA) is 103 Å². The van der Waals surface area contributed by atoms with E-state index in [9.17, 15) is 19.2 Å². The van der Waals surface area contributed by atoms with Gasteiger partial charge in [0.1, 0.15) is 5.56 Å². The lowest BCUT2D eigenvalue weighted by Crippen LogP contribution is -2.55. The number of fused-ring (bicyclic) bond motifs is 1. The van der Waals surface area contributed by atoms with Crippen molar-refractivity contribution in [3.63, 3.8) is 0 Å². The number of benzene rings is 1. The maximum absolute atomic E-state index is 12.8. The Hall–Kier alpha value is -3.20. The number of hydrogen-bond donors (Lipinski definition) is 1. The predicted octanol–water partition coefficient (Wildman–Crippen LogP) is -0.329. The Bertz CT molecular complexity index is 1000. The summed E-state index contributed by atoms with van der Waals surface area (Å²) in [6.45, 7) is 2.74. The Morgan fingerprint density at radius 2 is 1.41 bits per heavy atom. The number of aromatic nitrogens is 1. The fourth-order valence-corrected chi connectivity index (χ4v) is 3.65. The summed E-state index contributed by atoms with van der Waals surface area (Å²) in [5.74, 6) is -1.45. The first-order valence-corrected chi connectivity index (χ1v) is 9.62. The van der Waals surface area contributed by atoms with Crippen LogP contribution in [0.15, 0.2) is 35.3 Å². The summed E-state index contributed by atoms with van der Waals surface area (Å²) >= 11 is 0. The molecule has 1 N–H and O–H groups in total. The van der Waals surface area contributed by atoms with Gasteiger partial charge in [0.2, 0.25) is 5.43 Å². The number of hydrogen-bond acceptors (Lipinski definition) is 5. The molecule has 2 aliphatic rings. The lowest BCUT2D eigenvalue weighted by Gasteiger charge is -2.35. The van der Waals surface area contributed by atoms with Gasteiger partial charge < -0.3 is 24.4 Å². The molecule has 1 aromatic heterocycles. The molecule has 0 saturated carbocycles. The molecule has 2 aliphatic heterocycles. The number of piperazine rings is 1. The summed E-state index contributed by atoms with van der Waals surface area (Å²) in [7, 11) is 0. The molecule has 0 spiro atoms. The zero-order valence-corrected chi connectivity index (χ0v) is 15.9. The third-order valence-corrected chi connectivity index (χ3v) is 5.35. The monoisotopic (exact) mass is 398 g/mol. The molecule has 152 valence electrons. The number of ether oxygens (including phenoxy) is 1. The van der Waals surface area contributed by atoms with Gasteiger partial charge in [-0.3, -0.25) is 19.2 Å². The van der Waals surface area contributed by atoms with Gasteiger partial charge in [-0.25, -0.2) is 0 Å². The highest BCUT2D eigenvalue weighted by molar-refractivity contribution is 6.35. The molecule has 29 heavy (non-hydrogen) atoms. The highest BCUT2D eigenvalue weighted by Gasteiger charge is 2.32. The van der Waals surface area contributed by atoms with Gasteiger partial charge in [0, 0.05) is 56.4 Å². The second-order valence-electron chi connectivity index (χ2n) is 7.07. The largest absolute Gasteiger partial charge is 0.378 e. The second-order valence-corrected chi connectivity index (χ2v) is 7.07. The number of H-pyrrole nitrogens is 1. The third-order valence-electron chi connectivity index (χ3n) is 5.35. The van der Waals surface area contributed by atoms with Crippen LogP contribution < -0.4 is 5.43 Å². The second kappa shape index (κ2) is 8.04. The predicted molar refractivity (Wildman–Crippen MR) is 104 cm³/mol. The van der Waals surface area contributed by atoms with E-state index in [1.54, 1.807) is 23.1 Å². The minimum Gasteiger partial charge on any atom is -0.378 e. The molecule has 3 amide bonds. The first-order valence-electron chi connectivity index (χ1n) is 9.62. The van der Waals surface area contributed by atoms with Crippen molar-refractivity contribution in [3.05, 3.63) is 46.2 Å². The molecule has 2 aromatic rings. The fraction of sp³-hybridized carbons (Fsp3) is 0.400. The third kappa shape index (κ3) is 3.73. The van der Waals surface area contributed by atoms with Crippen molar-refractivity contribution >= 4 is 28.6 Å². The molecule has 9 nitrogen and oxygen atoms in total. The normalized spacial score (nSPS) is 17.4. The average Bonchev–Trinajstić information content (AvgIpc) is 2.79. The van der Waals surface area contributed by atoms with E-state index in [4.69, 9.17) is 4.74 Å². The van der Waals surface area contributed by atoms with Gasteiger partial charge in [0.05, 0.1) is 13.2 Å². The standard InChI is InChI=1S/C20H22N4O5/c25-17-14-3-1-2-4-16(14)21-13-15(17)18(26)22-5-7-23(8-6-22)19(27)20(28)24-9-11-29-12-10-24/h1-4,13H,5-12H2,(H,21,25). The van der Waals surface area contributed by atoms with E-state index in [0.717, 1.165) is 0 Å². The molecular formula is C20H22N4O5. The van der Waals surface area contributed by atoms with Crippen LogP contribution in [-0.4, -0.2) is 89.9 Å². The van der Waals surface area contributed by atoms with E-state index >= 15 is 0 Å². The zero-order chi connectivity index (χ0) is 20.4. The molecular weight excluding hydrogens is 376 g/mol. The summed E-state index contributed by atoms with van der Waals surface area (Å²) in [5.41, 5.74) is 0.435. The number of aromatic amines is 1. The fourth-order valence-electron chi connectivity index (χ4n) is 3.65. The lowest BCUT2D eigenvalue weighted by atomic mass is 10.1. The number of nitrogens with one attached hydrogen (secondary N) is 1. The first kappa shape index (κ1) is 19.1. The number of pyridine rings is 1. The zero-order valence-electron chi connectivity index (χ0n) is 15.9. The van der Waals surface area contributed by atoms with Crippen LogP contribution in [0.25, 0.3) is 10.9 Å². The Labute approximate surface area is 166 Å². The number of rotatable bonds is 1. The van der Waals surface area contributed by atoms with Crippen molar-refractivity contribution in [3.8, 4) is 0 Å². The number of morpholine rings is 1. The Morgan fingerprint density at radius 3 is 2.10 bits per heavy atom. The van der Waals surface area contributed by atoms with Crippen molar-refractivity contribution in [2.75, 3.05) is 52.5 Å². The minimum atomic E-state index is -0.553. The van der Waals surface area contributed by atoms with E-state index in [-0.39, 0.29) is 43.1 Å². The summed E-state index contributed by atoms with van der Waals surface area (Å²) in [4.78, 5) is 57.8. The van der Waals surface area contributed by atoms with Crippen molar-refractivity contribution < 1.29 is 19.1 Å². The van der Waals surface area contributed by atoms with Crippen LogP contribution in [0.2, 0.25) is 0 Å². The highest BCUT2D eigenvalue weighted by Crippen LogP contribution is 2.11. The number of nitrogens with zero attached hydrogens (tertiary/aromatic N) is 3. The molecule has 0 atom stereocenters. The van der Waals surface area contributed by atoms with Gasteiger partial charge in [0.15, 0.2) is 0 Å². The summed E-state index contributed by atoms with van der Waals surface area (Å²) in [6.07, 6.45) is 1.44. The molecule has 0 radical (unpaired) electrons. The van der Waals surface area contributed by atoms with Crippen molar-refractivity contribution in [1.29, 1.82) is 0 Å². The highest BCUT2D eigenvalue weighted by atomic mass is 16.5. The Morgan fingerprint density at radius 1 is 0.828 bits per heavy atom. The van der Waals surface area contributed by atoms with Gasteiger partial charge in [-0.05, 0) is 12.1 Å². The molecule has 1 aromatic carbocycles. The maximum atomic E-state index is 12.8. The van der Waals surface area contributed by atoms with Crippen molar-refractivity contribution in [2.45, 2.75) is 0 Å². The van der Waals surface area contributed by atoms with Gasteiger partial charge in [-0.15, -0.1) is 0 Å². The van der Waals surface area contributed by atoms with Crippen LogP contribution in [0.5, 0.6) is 0 Å². The minimum absolute atomic E-state index is 0.0767. The van der Waals surface area contributed by atoms with Gasteiger partial charge in [0.25, 0.3) is 5.91 Å². The SMILES string of the molecule is O=C(C(=O)N1CCN(C(=O)c2c[nH]c3ccccc3c2=O)CC1)N1CCOCC1. The smallest absolute Gasteiger partial charge is 0.312 e. The van der Waals surface area contributed by atoms with Crippen LogP contribution in [0, 0.1) is 0 Å². The lowest BCUT2D eigenvalue weighted by molar-refractivity contribution is -0.154. The van der Waals surface area contributed by atoms with E-state index in [0.29, 0.717) is 37.2 Å². The number of amides is 3. The number of para-hydroxylation sites is 1. The number of carbonyl (C=O) groups excluding carboxylic acids is 3. The molecule has 9 heteroatoms. The molecule has 3 heterocycles. The van der Waals surface area contributed by atoms with E-state index < -0.39 is 11.8 Å². The average molecular weight is 398 g/mol. The molecule has 2 fully saturated rings. The Kier molecular flexibility index (Phi) is 5.30. The van der Waals surface area contributed by atoms with Crippen LogP contribution in [-0.2, 0) is 14.3 Å². The first-order chi connectivity index (χ1) is 14.1. The van der Waals surface area contributed by atoms with Crippen LogP contribution in [0.4, 0.5) is 0 Å². The van der Waals surface area contributed by atoms with Crippen LogP contribution in [0.1, 0.15) is 10.4 Å². The van der Waals surface area contributed by atoms with Gasteiger partial charge >= 0.3 is 11.8 Å². The van der Waals surface area contributed by atoms with Crippen molar-refractivity contribution in [1.82, 2.24) is 19.7 Å². The molecule has 0 unspecified atom stereocenters. The van der Waals surface area contributed by atoms with Crippen molar-refractivity contribution in [2.24, 2.45) is 0 Å². The quantitative estimate of drug-likeness (QED) is 0.663. The van der Waals surface area contributed by atoms with E-state index in [1.807, 2.05) is 6.07 Å². The molecule has 4 rings (SSSR count). The van der Waals surface area contributed by atoms with Gasteiger partial charge in [-0.1, -0.05) is 12.1 Å². The summed E-state index contributed by atoms with van der Waals surface area (Å²) < 4.78 is 5.20. The number of carbonyl (C=O) groups is 3. The summed E-state index contributed by atoms with van der Waals surface area (Å²) in [6, 6.07) is 7.02. The summed E-state index contributed by atoms with van der Waals surface area (Å²) in [5, 5.41) is 0.461. The molecule has 2 saturated heterocycles. The van der Waals surface area contributed by atoms with Crippen LogP contribution >= 0.6 is 0 Å². The maximum Gasteiger partial charge on any atom is 0.312 e. The van der Waals surface area contributed by atoms with Crippen LogP contribution in [0.3, 0.4) is 0 Å². The Balaban J connectivity index is 1.41. The molecule has 0 aliphatic carbocycles. The van der Waals surface area contributed by atoms with E-state index in [2.05, 4.69) is 4.98 Å². The van der Waals surface area contributed by atoms with Gasteiger partial charge in [-0.2, -0.15) is 0 Å². The molecule has 0 bridgehead atoms. The van der Waals surface area contributed by atoms with E-state index in [1.165, 1.54) is 16.0 Å².